The summed E-state index contributed by atoms with van der Waals surface area (Å²) >= 11 is 1.49. The maximum Gasteiger partial charge on any atom is 0.279 e. The second-order valence-corrected chi connectivity index (χ2v) is 5.85. The van der Waals surface area contributed by atoms with Gasteiger partial charge in [-0.2, -0.15) is 4.99 Å². The van der Waals surface area contributed by atoms with Crippen LogP contribution in [-0.2, 0) is 6.54 Å². The van der Waals surface area contributed by atoms with E-state index in [1.54, 1.807) is 12.1 Å². The Morgan fingerprint density at radius 1 is 1.05 bits per heavy atom. The Bertz CT molecular complexity index is 832. The van der Waals surface area contributed by atoms with Crippen LogP contribution < -0.4 is 4.80 Å². The van der Waals surface area contributed by atoms with Gasteiger partial charge in [0.05, 0.1) is 6.54 Å². The van der Waals surface area contributed by atoms with Crippen LogP contribution in [0.2, 0.25) is 0 Å². The SMILES string of the molecule is Cc1csc(=NC(=O)c2ccccc2)n1Cc1ccccc1. The van der Waals surface area contributed by atoms with E-state index in [-0.39, 0.29) is 5.91 Å². The molecule has 3 nitrogen and oxygen atoms in total. The van der Waals surface area contributed by atoms with Crippen LogP contribution in [0.15, 0.2) is 71.0 Å². The highest BCUT2D eigenvalue weighted by molar-refractivity contribution is 7.07. The summed E-state index contributed by atoms with van der Waals surface area (Å²) < 4.78 is 2.07. The lowest BCUT2D eigenvalue weighted by Gasteiger charge is -2.05. The van der Waals surface area contributed by atoms with E-state index in [9.17, 15) is 4.79 Å². The van der Waals surface area contributed by atoms with E-state index in [2.05, 4.69) is 21.7 Å². The van der Waals surface area contributed by atoms with E-state index >= 15 is 0 Å². The predicted octanol–water partition coefficient (Wildman–Crippen LogP) is 3.65. The maximum absolute atomic E-state index is 12.3. The average molecular weight is 308 g/mol. The molecule has 22 heavy (non-hydrogen) atoms. The van der Waals surface area contributed by atoms with Gasteiger partial charge in [0.25, 0.3) is 5.91 Å². The summed E-state index contributed by atoms with van der Waals surface area (Å²) in [5.74, 6) is -0.204. The van der Waals surface area contributed by atoms with Crippen molar-refractivity contribution in [2.24, 2.45) is 4.99 Å². The van der Waals surface area contributed by atoms with Gasteiger partial charge in [-0.3, -0.25) is 4.79 Å². The number of rotatable bonds is 3. The molecule has 3 aromatic rings. The average Bonchev–Trinajstić information content (AvgIpc) is 2.90. The Kier molecular flexibility index (Phi) is 4.30. The summed E-state index contributed by atoms with van der Waals surface area (Å²) in [5, 5.41) is 2.03. The molecule has 0 aliphatic heterocycles. The summed E-state index contributed by atoms with van der Waals surface area (Å²) in [4.78, 5) is 17.3. The second kappa shape index (κ2) is 6.54. The normalized spacial score (nSPS) is 11.6. The number of aryl methyl sites for hydroxylation is 1. The third-order valence-corrected chi connectivity index (χ3v) is 4.37. The lowest BCUT2D eigenvalue weighted by atomic mass is 10.2. The monoisotopic (exact) mass is 308 g/mol. The number of hydrogen-bond donors (Lipinski definition) is 0. The minimum absolute atomic E-state index is 0.204. The highest BCUT2D eigenvalue weighted by atomic mass is 32.1. The minimum Gasteiger partial charge on any atom is -0.317 e. The summed E-state index contributed by atoms with van der Waals surface area (Å²) in [6, 6.07) is 19.3. The molecule has 0 aliphatic rings. The number of carbonyl (C=O) groups excluding carboxylic acids is 1. The van der Waals surface area contributed by atoms with Crippen molar-refractivity contribution >= 4 is 17.2 Å². The molecule has 0 saturated heterocycles. The van der Waals surface area contributed by atoms with E-state index in [0.717, 1.165) is 17.0 Å². The van der Waals surface area contributed by atoms with Gasteiger partial charge in [0.2, 0.25) is 0 Å². The van der Waals surface area contributed by atoms with Gasteiger partial charge in [-0.1, -0.05) is 48.5 Å². The first kappa shape index (κ1) is 14.5. The fraction of sp³-hybridized carbons (Fsp3) is 0.111. The smallest absolute Gasteiger partial charge is 0.279 e. The quantitative estimate of drug-likeness (QED) is 0.727. The van der Waals surface area contributed by atoms with E-state index in [0.29, 0.717) is 5.56 Å². The van der Waals surface area contributed by atoms with Gasteiger partial charge < -0.3 is 4.57 Å². The largest absolute Gasteiger partial charge is 0.317 e. The van der Waals surface area contributed by atoms with Gasteiger partial charge in [0, 0.05) is 16.6 Å². The fourth-order valence-electron chi connectivity index (χ4n) is 2.19. The number of benzene rings is 2. The molecule has 4 heteroatoms. The van der Waals surface area contributed by atoms with Crippen molar-refractivity contribution in [3.8, 4) is 0 Å². The Morgan fingerprint density at radius 2 is 1.68 bits per heavy atom. The van der Waals surface area contributed by atoms with Gasteiger partial charge in [-0.15, -0.1) is 11.3 Å². The summed E-state index contributed by atoms with van der Waals surface area (Å²) in [6.45, 7) is 2.75. The Balaban J connectivity index is 1.95. The number of nitrogens with zero attached hydrogens (tertiary/aromatic N) is 2. The summed E-state index contributed by atoms with van der Waals surface area (Å²) in [5.41, 5.74) is 2.91. The van der Waals surface area contributed by atoms with Gasteiger partial charge in [-0.25, -0.2) is 0 Å². The number of hydrogen-bond acceptors (Lipinski definition) is 2. The Morgan fingerprint density at radius 3 is 2.36 bits per heavy atom. The van der Waals surface area contributed by atoms with Crippen LogP contribution in [-0.4, -0.2) is 10.5 Å². The first-order valence-corrected chi connectivity index (χ1v) is 7.95. The highest BCUT2D eigenvalue weighted by Gasteiger charge is 2.06. The lowest BCUT2D eigenvalue weighted by Crippen LogP contribution is -2.19. The summed E-state index contributed by atoms with van der Waals surface area (Å²) in [6.07, 6.45) is 0. The molecule has 0 spiro atoms. The second-order valence-electron chi connectivity index (χ2n) is 5.01. The molecule has 1 heterocycles. The molecular weight excluding hydrogens is 292 g/mol. The third kappa shape index (κ3) is 3.23. The molecule has 0 radical (unpaired) electrons. The molecule has 0 N–H and O–H groups in total. The van der Waals surface area contributed by atoms with Crippen LogP contribution >= 0.6 is 11.3 Å². The topological polar surface area (TPSA) is 34.4 Å². The maximum atomic E-state index is 12.3. The predicted molar refractivity (Wildman–Crippen MR) is 88.9 cm³/mol. The van der Waals surface area contributed by atoms with Crippen molar-refractivity contribution < 1.29 is 4.79 Å². The van der Waals surface area contributed by atoms with Crippen LogP contribution in [0.1, 0.15) is 21.6 Å². The Hall–Kier alpha value is -2.46. The zero-order chi connectivity index (χ0) is 15.4. The van der Waals surface area contributed by atoms with Crippen molar-refractivity contribution in [1.82, 2.24) is 4.57 Å². The van der Waals surface area contributed by atoms with Crippen molar-refractivity contribution in [2.45, 2.75) is 13.5 Å². The lowest BCUT2D eigenvalue weighted by molar-refractivity contribution is 0.0998. The third-order valence-electron chi connectivity index (χ3n) is 3.39. The van der Waals surface area contributed by atoms with E-state index in [1.807, 2.05) is 48.7 Å². The fourth-order valence-corrected chi connectivity index (χ4v) is 3.07. The van der Waals surface area contributed by atoms with Gasteiger partial charge in [0.1, 0.15) is 0 Å². The molecule has 0 aliphatic carbocycles. The number of amides is 1. The molecule has 0 fully saturated rings. The Labute approximate surface area is 133 Å². The van der Waals surface area contributed by atoms with Crippen molar-refractivity contribution in [2.75, 3.05) is 0 Å². The molecular formula is C18H16N2OS. The zero-order valence-electron chi connectivity index (χ0n) is 12.3. The van der Waals surface area contributed by atoms with Crippen LogP contribution in [0.25, 0.3) is 0 Å². The summed E-state index contributed by atoms with van der Waals surface area (Å²) in [7, 11) is 0. The molecule has 0 atom stereocenters. The minimum atomic E-state index is -0.204. The first-order valence-electron chi connectivity index (χ1n) is 7.07. The molecule has 0 saturated carbocycles. The number of aromatic nitrogens is 1. The molecule has 0 bridgehead atoms. The van der Waals surface area contributed by atoms with Crippen LogP contribution in [0.4, 0.5) is 0 Å². The van der Waals surface area contributed by atoms with Crippen LogP contribution in [0, 0.1) is 6.92 Å². The van der Waals surface area contributed by atoms with E-state index in [4.69, 9.17) is 0 Å². The van der Waals surface area contributed by atoms with Gasteiger partial charge >= 0.3 is 0 Å². The van der Waals surface area contributed by atoms with E-state index < -0.39 is 0 Å². The molecule has 1 aromatic heterocycles. The first-order chi connectivity index (χ1) is 10.7. The van der Waals surface area contributed by atoms with E-state index in [1.165, 1.54) is 16.9 Å². The number of thiazole rings is 1. The molecule has 0 unspecified atom stereocenters. The standard InChI is InChI=1S/C18H16N2OS/c1-14-13-22-18(19-17(21)16-10-6-3-7-11-16)20(14)12-15-8-4-2-5-9-15/h2-11,13H,12H2,1H3. The zero-order valence-corrected chi connectivity index (χ0v) is 13.1. The van der Waals surface area contributed by atoms with Gasteiger partial charge in [0.15, 0.2) is 4.80 Å². The molecule has 3 rings (SSSR count). The van der Waals surface area contributed by atoms with Crippen molar-refractivity contribution in [1.29, 1.82) is 0 Å². The molecule has 110 valence electrons. The van der Waals surface area contributed by atoms with Crippen molar-refractivity contribution in [3.05, 3.63) is 87.7 Å². The molecule has 2 aromatic carbocycles. The highest BCUT2D eigenvalue weighted by Crippen LogP contribution is 2.07. The van der Waals surface area contributed by atoms with Gasteiger partial charge in [-0.05, 0) is 24.6 Å². The molecule has 1 amide bonds. The van der Waals surface area contributed by atoms with Crippen LogP contribution in [0.5, 0.6) is 0 Å². The number of carbonyl (C=O) groups is 1. The van der Waals surface area contributed by atoms with Crippen molar-refractivity contribution in [3.63, 3.8) is 0 Å². The van der Waals surface area contributed by atoms with Crippen LogP contribution in [0.3, 0.4) is 0 Å².